The van der Waals surface area contributed by atoms with E-state index in [9.17, 15) is 4.79 Å². The largest absolute Gasteiger partial charge is 0.496 e. The molecule has 0 aliphatic carbocycles. The fourth-order valence-electron chi connectivity index (χ4n) is 3.63. The number of aromatic nitrogens is 2. The lowest BCUT2D eigenvalue weighted by Gasteiger charge is -2.20. The predicted octanol–water partition coefficient (Wildman–Crippen LogP) is 3.44. The fraction of sp³-hybridized carbons (Fsp3) is 0.320. The highest BCUT2D eigenvalue weighted by Crippen LogP contribution is 2.37. The summed E-state index contributed by atoms with van der Waals surface area (Å²) >= 11 is 0. The Morgan fingerprint density at radius 1 is 1.03 bits per heavy atom. The molecule has 0 saturated carbocycles. The van der Waals surface area contributed by atoms with Crippen molar-refractivity contribution in [1.82, 2.24) is 9.97 Å². The van der Waals surface area contributed by atoms with Gasteiger partial charge in [-0.1, -0.05) is 0 Å². The molecule has 0 atom stereocenters. The van der Waals surface area contributed by atoms with Gasteiger partial charge in [-0.3, -0.25) is 0 Å². The van der Waals surface area contributed by atoms with Gasteiger partial charge >= 0.3 is 5.97 Å². The van der Waals surface area contributed by atoms with Crippen molar-refractivity contribution in [3.05, 3.63) is 48.3 Å². The number of hydrogen-bond acceptors (Lipinski definition) is 9. The molecule has 184 valence electrons. The molecule has 2 heterocycles. The van der Waals surface area contributed by atoms with Gasteiger partial charge in [-0.05, 0) is 43.2 Å². The molecule has 4 rings (SSSR count). The minimum Gasteiger partial charge on any atom is -0.496 e. The average Bonchev–Trinajstić information content (AvgIpc) is 2.87. The summed E-state index contributed by atoms with van der Waals surface area (Å²) in [5.41, 5.74) is 2.47. The maximum atomic E-state index is 10.8. The Hall–Kier alpha value is -4.21. The first-order valence-electron chi connectivity index (χ1n) is 11.2. The second kappa shape index (κ2) is 11.3. The van der Waals surface area contributed by atoms with Crippen LogP contribution in [0.4, 0.5) is 5.82 Å². The van der Waals surface area contributed by atoms with Crippen LogP contribution in [-0.2, 0) is 11.2 Å². The molecule has 0 amide bonds. The summed E-state index contributed by atoms with van der Waals surface area (Å²) in [5, 5.41) is 12.2. The Kier molecular flexibility index (Phi) is 7.71. The van der Waals surface area contributed by atoms with Crippen molar-refractivity contribution in [1.29, 1.82) is 0 Å². The molecule has 1 aliphatic rings. The number of methoxy groups -OCH3 is 1. The number of anilines is 1. The first-order chi connectivity index (χ1) is 17.1. The predicted molar refractivity (Wildman–Crippen MR) is 128 cm³/mol. The van der Waals surface area contributed by atoms with Crippen molar-refractivity contribution >= 4 is 11.8 Å². The lowest BCUT2D eigenvalue weighted by atomic mass is 10.1. The van der Waals surface area contributed by atoms with Crippen LogP contribution in [-0.4, -0.2) is 61.1 Å². The van der Waals surface area contributed by atoms with Gasteiger partial charge in [-0.25, -0.2) is 14.8 Å². The van der Waals surface area contributed by atoms with E-state index >= 15 is 0 Å². The third-order valence-corrected chi connectivity index (χ3v) is 5.20. The molecule has 0 saturated heterocycles. The molecule has 0 spiro atoms. The van der Waals surface area contributed by atoms with Gasteiger partial charge in [0.15, 0.2) is 29.6 Å². The number of carboxylic acid groups (broad SMARTS) is 1. The molecule has 0 radical (unpaired) electrons. The van der Waals surface area contributed by atoms with Crippen molar-refractivity contribution in [2.24, 2.45) is 0 Å². The van der Waals surface area contributed by atoms with Crippen LogP contribution in [0.1, 0.15) is 12.5 Å². The van der Waals surface area contributed by atoms with Crippen LogP contribution in [0.3, 0.4) is 0 Å². The van der Waals surface area contributed by atoms with Crippen LogP contribution < -0.4 is 29.0 Å². The minimum atomic E-state index is -1.06. The zero-order valence-electron chi connectivity index (χ0n) is 19.6. The van der Waals surface area contributed by atoms with Crippen LogP contribution in [0.2, 0.25) is 0 Å². The van der Waals surface area contributed by atoms with Crippen molar-refractivity contribution < 1.29 is 33.6 Å². The number of ether oxygens (including phenoxy) is 5. The van der Waals surface area contributed by atoms with Crippen molar-refractivity contribution in [2.75, 3.05) is 45.4 Å². The van der Waals surface area contributed by atoms with Crippen LogP contribution in [0.25, 0.3) is 11.3 Å². The van der Waals surface area contributed by atoms with E-state index in [-0.39, 0.29) is 0 Å². The van der Waals surface area contributed by atoms with Crippen LogP contribution >= 0.6 is 0 Å². The second-order valence-corrected chi connectivity index (χ2v) is 7.55. The van der Waals surface area contributed by atoms with E-state index in [0.717, 1.165) is 22.6 Å². The average molecular weight is 482 g/mol. The van der Waals surface area contributed by atoms with Crippen LogP contribution in [0, 0.1) is 0 Å². The summed E-state index contributed by atoms with van der Waals surface area (Å²) in [6.07, 6.45) is 2.17. The van der Waals surface area contributed by atoms with Gasteiger partial charge in [0, 0.05) is 24.2 Å². The summed E-state index contributed by atoms with van der Waals surface area (Å²) in [4.78, 5) is 19.5. The fourth-order valence-corrected chi connectivity index (χ4v) is 3.63. The molecule has 2 aromatic carbocycles. The lowest BCUT2D eigenvalue weighted by molar-refractivity contribution is -0.139. The van der Waals surface area contributed by atoms with Crippen molar-refractivity contribution in [3.8, 4) is 40.0 Å². The van der Waals surface area contributed by atoms with Crippen LogP contribution in [0.5, 0.6) is 28.7 Å². The van der Waals surface area contributed by atoms with Gasteiger partial charge in [-0.2, -0.15) is 0 Å². The molecule has 3 aromatic rings. The third kappa shape index (κ3) is 6.03. The highest BCUT2D eigenvalue weighted by molar-refractivity contribution is 5.69. The van der Waals surface area contributed by atoms with Crippen LogP contribution in [0.15, 0.2) is 42.7 Å². The van der Waals surface area contributed by atoms with Gasteiger partial charge in [0.25, 0.3) is 0 Å². The summed E-state index contributed by atoms with van der Waals surface area (Å²) in [5.74, 6) is 2.57. The van der Waals surface area contributed by atoms with E-state index in [0.29, 0.717) is 61.5 Å². The van der Waals surface area contributed by atoms with E-state index in [1.807, 2.05) is 25.1 Å². The Labute approximate surface area is 202 Å². The lowest BCUT2D eigenvalue weighted by Crippen LogP contribution is -2.16. The Morgan fingerprint density at radius 3 is 2.57 bits per heavy atom. The number of carboxylic acids is 1. The molecule has 1 aromatic heterocycles. The first kappa shape index (κ1) is 23.9. The Balaban J connectivity index is 1.45. The molecule has 10 heteroatoms. The summed E-state index contributed by atoms with van der Waals surface area (Å²) in [6.45, 7) is 3.47. The van der Waals surface area contributed by atoms with Gasteiger partial charge in [-0.15, -0.1) is 0 Å². The molecule has 0 bridgehead atoms. The molecule has 35 heavy (non-hydrogen) atoms. The number of aliphatic carboxylic acids is 1. The standard InChI is InChI=1S/C25H27N3O7/c1-3-32-21-10-16(4-5-19(21)35-14-25(29)30)18-12-24(28-15-27-18)26-7-6-17-11-22-23(13-20(17)31-2)34-9-8-33-22/h4-5,10-13,15H,3,6-9,14H2,1-2H3,(H,29,30)(H,26,27,28). The maximum absolute atomic E-state index is 10.8. The van der Waals surface area contributed by atoms with Gasteiger partial charge < -0.3 is 34.1 Å². The van der Waals surface area contributed by atoms with E-state index < -0.39 is 12.6 Å². The van der Waals surface area contributed by atoms with Gasteiger partial charge in [0.1, 0.15) is 31.1 Å². The first-order valence-corrected chi connectivity index (χ1v) is 11.2. The molecular weight excluding hydrogens is 454 g/mol. The molecule has 0 fully saturated rings. The van der Waals surface area contributed by atoms with Crippen molar-refractivity contribution in [3.63, 3.8) is 0 Å². The van der Waals surface area contributed by atoms with Crippen molar-refractivity contribution in [2.45, 2.75) is 13.3 Å². The second-order valence-electron chi connectivity index (χ2n) is 7.55. The monoisotopic (exact) mass is 481 g/mol. The SMILES string of the molecule is CCOc1cc(-c2cc(NCCc3cc4c(cc3OC)OCCO4)ncn2)ccc1OCC(=O)O. The molecule has 1 aliphatic heterocycles. The summed E-state index contributed by atoms with van der Waals surface area (Å²) < 4.78 is 27.8. The number of hydrogen-bond donors (Lipinski definition) is 2. The summed E-state index contributed by atoms with van der Waals surface area (Å²) in [6, 6.07) is 10.9. The van der Waals surface area contributed by atoms with E-state index in [1.54, 1.807) is 25.3 Å². The molecular formula is C25H27N3O7. The molecule has 0 unspecified atom stereocenters. The summed E-state index contributed by atoms with van der Waals surface area (Å²) in [7, 11) is 1.63. The molecule has 2 N–H and O–H groups in total. The maximum Gasteiger partial charge on any atom is 0.341 e. The highest BCUT2D eigenvalue weighted by Gasteiger charge is 2.16. The van der Waals surface area contributed by atoms with E-state index in [2.05, 4.69) is 15.3 Å². The van der Waals surface area contributed by atoms with E-state index in [1.165, 1.54) is 6.33 Å². The van der Waals surface area contributed by atoms with Gasteiger partial charge in [0.05, 0.1) is 19.4 Å². The molecule has 10 nitrogen and oxygen atoms in total. The number of nitrogens with one attached hydrogen (secondary N) is 1. The number of nitrogens with zero attached hydrogens (tertiary/aromatic N) is 2. The third-order valence-electron chi connectivity index (χ3n) is 5.20. The number of rotatable bonds is 11. The highest BCUT2D eigenvalue weighted by atomic mass is 16.6. The smallest absolute Gasteiger partial charge is 0.341 e. The van der Waals surface area contributed by atoms with Gasteiger partial charge in [0.2, 0.25) is 0 Å². The zero-order valence-corrected chi connectivity index (χ0v) is 19.6. The number of fused-ring (bicyclic) bond motifs is 1. The quantitative estimate of drug-likeness (QED) is 0.421. The Morgan fingerprint density at radius 2 is 1.83 bits per heavy atom. The van der Waals surface area contributed by atoms with E-state index in [4.69, 9.17) is 28.8 Å². The minimum absolute atomic E-state index is 0.360. The Bertz CT molecular complexity index is 1190. The zero-order chi connectivity index (χ0) is 24.6. The number of carbonyl (C=O) groups is 1. The topological polar surface area (TPSA) is 121 Å². The number of benzene rings is 2. The normalized spacial score (nSPS) is 12.1.